The lowest BCUT2D eigenvalue weighted by molar-refractivity contribution is 0.410. The van der Waals surface area contributed by atoms with Gasteiger partial charge in [-0.15, -0.1) is 0 Å². The molecule has 2 atom stereocenters. The highest BCUT2D eigenvalue weighted by atomic mass is 127. The van der Waals surface area contributed by atoms with Gasteiger partial charge in [-0.05, 0) is 42.5 Å². The zero-order valence-electron chi connectivity index (χ0n) is 8.57. The first-order valence-electron chi connectivity index (χ1n) is 4.99. The van der Waals surface area contributed by atoms with Crippen molar-refractivity contribution in [2.75, 3.05) is 7.05 Å². The highest BCUT2D eigenvalue weighted by Crippen LogP contribution is 2.36. The molecule has 15 heavy (non-hydrogen) atoms. The Morgan fingerprint density at radius 1 is 1.80 bits per heavy atom. The van der Waals surface area contributed by atoms with Gasteiger partial charge in [-0.1, -0.05) is 0 Å². The summed E-state index contributed by atoms with van der Waals surface area (Å²) in [4.78, 5) is 0. The smallest absolute Gasteiger partial charge is 0.108 e. The molecule has 1 N–H and O–H groups in total. The van der Waals surface area contributed by atoms with Crippen LogP contribution in [0.1, 0.15) is 25.3 Å². The average molecular weight is 316 g/mol. The van der Waals surface area contributed by atoms with E-state index >= 15 is 0 Å². The van der Waals surface area contributed by atoms with Crippen LogP contribution in [-0.4, -0.2) is 22.4 Å². The zero-order chi connectivity index (χ0) is 10.9. The summed E-state index contributed by atoms with van der Waals surface area (Å²) in [6, 6.07) is 2.74. The number of nitrogens with one attached hydrogen (secondary N) is 1. The molecule has 80 valence electrons. The van der Waals surface area contributed by atoms with E-state index < -0.39 is 0 Å². The first kappa shape index (κ1) is 10.9. The second-order valence-corrected chi connectivity index (χ2v) is 5.22. The van der Waals surface area contributed by atoms with Crippen molar-refractivity contribution in [1.29, 1.82) is 5.26 Å². The molecule has 0 radical (unpaired) electrons. The first-order chi connectivity index (χ1) is 7.19. The molecule has 1 saturated carbocycles. The third-order valence-electron chi connectivity index (χ3n) is 3.13. The van der Waals surface area contributed by atoms with Crippen molar-refractivity contribution in [2.45, 2.75) is 30.8 Å². The molecule has 5 heteroatoms. The van der Waals surface area contributed by atoms with E-state index in [0.29, 0.717) is 6.04 Å². The molecule has 1 aromatic rings. The van der Waals surface area contributed by atoms with E-state index in [-0.39, 0.29) is 5.54 Å². The molecule has 1 aromatic heterocycles. The molecule has 0 spiro atoms. The number of halogens is 1. The lowest BCUT2D eigenvalue weighted by atomic mass is 10.0. The summed E-state index contributed by atoms with van der Waals surface area (Å²) >= 11 is 2.25. The maximum atomic E-state index is 9.14. The van der Waals surface area contributed by atoms with Crippen LogP contribution < -0.4 is 5.32 Å². The zero-order valence-corrected chi connectivity index (χ0v) is 10.7. The Morgan fingerprint density at radius 3 is 3.07 bits per heavy atom. The highest BCUT2D eigenvalue weighted by Gasteiger charge is 2.39. The summed E-state index contributed by atoms with van der Waals surface area (Å²) < 4.78 is 3.13. The van der Waals surface area contributed by atoms with E-state index in [4.69, 9.17) is 5.26 Å². The van der Waals surface area contributed by atoms with Crippen molar-refractivity contribution >= 4 is 22.6 Å². The van der Waals surface area contributed by atoms with Crippen molar-refractivity contribution in [1.82, 2.24) is 15.1 Å². The van der Waals surface area contributed by atoms with Crippen LogP contribution >= 0.6 is 22.6 Å². The molecule has 1 aliphatic rings. The van der Waals surface area contributed by atoms with Gasteiger partial charge in [0.1, 0.15) is 5.54 Å². The molecule has 0 aliphatic heterocycles. The lowest BCUT2D eigenvalue weighted by Gasteiger charge is -2.19. The standard InChI is InChI=1S/C10H13IN4/c1-13-10(7-12)3-2-9(4-10)15-6-8(11)5-14-15/h5-6,9,13H,2-4H2,1H3. The number of aromatic nitrogens is 2. The van der Waals surface area contributed by atoms with E-state index in [0.717, 1.165) is 22.8 Å². The van der Waals surface area contributed by atoms with Crippen LogP contribution in [0.25, 0.3) is 0 Å². The molecule has 0 aromatic carbocycles. The van der Waals surface area contributed by atoms with E-state index in [9.17, 15) is 0 Å². The number of nitriles is 1. The van der Waals surface area contributed by atoms with Crippen LogP contribution in [0, 0.1) is 14.9 Å². The van der Waals surface area contributed by atoms with Crippen molar-refractivity contribution in [3.8, 4) is 6.07 Å². The predicted octanol–water partition coefficient (Wildman–Crippen LogP) is 1.69. The Morgan fingerprint density at radius 2 is 2.60 bits per heavy atom. The molecule has 2 rings (SSSR count). The Hall–Kier alpha value is -0.610. The molecule has 4 nitrogen and oxygen atoms in total. The van der Waals surface area contributed by atoms with Gasteiger partial charge in [0.05, 0.1) is 21.9 Å². The SMILES string of the molecule is CNC1(C#N)CCC(n2cc(I)cn2)C1. The van der Waals surface area contributed by atoms with Gasteiger partial charge in [-0.3, -0.25) is 4.68 Å². The molecule has 0 saturated heterocycles. The highest BCUT2D eigenvalue weighted by molar-refractivity contribution is 14.1. The minimum Gasteiger partial charge on any atom is -0.302 e. The fourth-order valence-corrected chi connectivity index (χ4v) is 2.55. The fraction of sp³-hybridized carbons (Fsp3) is 0.600. The van der Waals surface area contributed by atoms with Crippen LogP contribution in [0.5, 0.6) is 0 Å². The average Bonchev–Trinajstić information content (AvgIpc) is 2.84. The molecular formula is C10H13IN4. The second-order valence-electron chi connectivity index (χ2n) is 3.98. The van der Waals surface area contributed by atoms with Crippen LogP contribution in [0.2, 0.25) is 0 Å². The van der Waals surface area contributed by atoms with Crippen LogP contribution in [0.3, 0.4) is 0 Å². The molecule has 1 aliphatic carbocycles. The summed E-state index contributed by atoms with van der Waals surface area (Å²) in [5.41, 5.74) is -0.345. The summed E-state index contributed by atoms with van der Waals surface area (Å²) in [6.45, 7) is 0. The Balaban J connectivity index is 2.14. The number of hydrogen-bond donors (Lipinski definition) is 1. The molecule has 1 fully saturated rings. The summed E-state index contributed by atoms with van der Waals surface area (Å²) in [5.74, 6) is 0. The molecule has 0 bridgehead atoms. The Labute approximate surface area is 103 Å². The molecule has 0 amide bonds. The maximum Gasteiger partial charge on any atom is 0.108 e. The quantitative estimate of drug-likeness (QED) is 0.845. The fourth-order valence-electron chi connectivity index (χ4n) is 2.14. The summed E-state index contributed by atoms with van der Waals surface area (Å²) in [6.07, 6.45) is 6.66. The van der Waals surface area contributed by atoms with E-state index in [2.05, 4.69) is 39.1 Å². The minimum absolute atomic E-state index is 0.345. The van der Waals surface area contributed by atoms with Crippen molar-refractivity contribution in [2.24, 2.45) is 0 Å². The third kappa shape index (κ3) is 2.01. The van der Waals surface area contributed by atoms with E-state index in [1.807, 2.05) is 24.1 Å². The lowest BCUT2D eigenvalue weighted by Crippen LogP contribution is -2.38. The molecule has 2 unspecified atom stereocenters. The molecular weight excluding hydrogens is 303 g/mol. The largest absolute Gasteiger partial charge is 0.302 e. The molecule has 1 heterocycles. The monoisotopic (exact) mass is 316 g/mol. The van der Waals surface area contributed by atoms with E-state index in [1.54, 1.807) is 0 Å². The van der Waals surface area contributed by atoms with Gasteiger partial charge in [-0.25, -0.2) is 0 Å². The van der Waals surface area contributed by atoms with Crippen LogP contribution in [-0.2, 0) is 0 Å². The van der Waals surface area contributed by atoms with Gasteiger partial charge in [-0.2, -0.15) is 10.4 Å². The topological polar surface area (TPSA) is 53.6 Å². The van der Waals surface area contributed by atoms with Gasteiger partial charge in [0.2, 0.25) is 0 Å². The second kappa shape index (κ2) is 4.10. The van der Waals surface area contributed by atoms with Gasteiger partial charge >= 0.3 is 0 Å². The van der Waals surface area contributed by atoms with E-state index in [1.165, 1.54) is 0 Å². The maximum absolute atomic E-state index is 9.14. The predicted molar refractivity (Wildman–Crippen MR) is 65.2 cm³/mol. The number of hydrogen-bond acceptors (Lipinski definition) is 3. The normalized spacial score (nSPS) is 30.3. The van der Waals surface area contributed by atoms with Gasteiger partial charge < -0.3 is 5.32 Å². The van der Waals surface area contributed by atoms with Crippen molar-refractivity contribution in [3.05, 3.63) is 16.0 Å². The Kier molecular flexibility index (Phi) is 2.98. The Bertz CT molecular complexity index is 394. The van der Waals surface area contributed by atoms with Crippen molar-refractivity contribution < 1.29 is 0 Å². The minimum atomic E-state index is -0.345. The van der Waals surface area contributed by atoms with Gasteiger partial charge in [0.25, 0.3) is 0 Å². The third-order valence-corrected chi connectivity index (χ3v) is 3.68. The first-order valence-corrected chi connectivity index (χ1v) is 6.07. The number of rotatable bonds is 2. The van der Waals surface area contributed by atoms with Gasteiger partial charge in [0, 0.05) is 12.6 Å². The summed E-state index contributed by atoms with van der Waals surface area (Å²) in [7, 11) is 1.86. The van der Waals surface area contributed by atoms with Gasteiger partial charge in [0.15, 0.2) is 0 Å². The van der Waals surface area contributed by atoms with Crippen LogP contribution in [0.4, 0.5) is 0 Å². The van der Waals surface area contributed by atoms with Crippen LogP contribution in [0.15, 0.2) is 12.4 Å². The van der Waals surface area contributed by atoms with Crippen molar-refractivity contribution in [3.63, 3.8) is 0 Å². The number of nitrogens with zero attached hydrogens (tertiary/aromatic N) is 3. The summed E-state index contributed by atoms with van der Waals surface area (Å²) in [5, 5.41) is 16.6.